The number of ether oxygens (including phenoxy) is 2. The van der Waals surface area contributed by atoms with Crippen molar-refractivity contribution in [1.29, 1.82) is 0 Å². The Bertz CT molecular complexity index is 1300. The van der Waals surface area contributed by atoms with Crippen molar-refractivity contribution in [1.82, 2.24) is 0 Å². The number of phosphoric ester groups is 1. The number of nitrogens with two attached hydrogens (primary N) is 1. The predicted molar refractivity (Wildman–Crippen MR) is 281 cm³/mol. The fourth-order valence-corrected chi connectivity index (χ4v) is 8.37. The minimum Gasteiger partial charge on any atom is -0.480 e. The molecule has 0 aliphatic carbocycles. The Morgan fingerprint density at radius 1 is 0.493 bits per heavy atom. The van der Waals surface area contributed by atoms with Crippen molar-refractivity contribution in [3.8, 4) is 0 Å². The summed E-state index contributed by atoms with van der Waals surface area (Å²) in [5.41, 5.74) is 5.38. The van der Waals surface area contributed by atoms with Gasteiger partial charge in [0.05, 0.1) is 19.8 Å². The number of aliphatic carboxylic acids is 1. The second kappa shape index (κ2) is 51.5. The molecule has 0 saturated heterocycles. The first-order valence-electron chi connectivity index (χ1n) is 27.3. The zero-order chi connectivity index (χ0) is 49.0. The monoisotopic (exact) mass is 964 g/mol. The largest absolute Gasteiger partial charge is 0.480 e. The van der Waals surface area contributed by atoms with Gasteiger partial charge in [-0.25, -0.2) is 4.57 Å². The molecule has 0 heterocycles. The third-order valence-corrected chi connectivity index (χ3v) is 12.7. The number of esters is 1. The highest BCUT2D eigenvalue weighted by Gasteiger charge is 2.27. The minimum absolute atomic E-state index is 0.0126. The van der Waals surface area contributed by atoms with Crippen molar-refractivity contribution < 1.29 is 42.7 Å². The molecule has 0 bridgehead atoms. The Morgan fingerprint density at radius 3 is 1.31 bits per heavy atom. The van der Waals surface area contributed by atoms with Crippen molar-refractivity contribution in [3.63, 3.8) is 0 Å². The molecule has 3 atom stereocenters. The van der Waals surface area contributed by atoms with Gasteiger partial charge < -0.3 is 25.2 Å². The van der Waals surface area contributed by atoms with Crippen molar-refractivity contribution in [3.05, 3.63) is 60.8 Å². The number of allylic oxidation sites excluding steroid dienone is 10. The summed E-state index contributed by atoms with van der Waals surface area (Å²) < 4.78 is 33.6. The number of carboxylic acids is 1. The summed E-state index contributed by atoms with van der Waals surface area (Å²) in [4.78, 5) is 33.8. The normalized spacial score (nSPS) is 14.1. The van der Waals surface area contributed by atoms with E-state index in [1.807, 2.05) is 0 Å². The van der Waals surface area contributed by atoms with E-state index in [1.165, 1.54) is 148 Å². The van der Waals surface area contributed by atoms with Gasteiger partial charge in [-0.1, -0.05) is 222 Å². The summed E-state index contributed by atoms with van der Waals surface area (Å²) >= 11 is 0. The molecule has 4 N–H and O–H groups in total. The van der Waals surface area contributed by atoms with Crippen LogP contribution in [0.3, 0.4) is 0 Å². The molecule has 0 aromatic carbocycles. The third-order valence-electron chi connectivity index (χ3n) is 11.8. The lowest BCUT2D eigenvalue weighted by Crippen LogP contribution is -2.34. The smallest absolute Gasteiger partial charge is 0.472 e. The molecule has 0 aliphatic heterocycles. The van der Waals surface area contributed by atoms with Crippen molar-refractivity contribution >= 4 is 19.8 Å². The van der Waals surface area contributed by atoms with Gasteiger partial charge in [0, 0.05) is 13.0 Å². The highest BCUT2D eigenvalue weighted by Crippen LogP contribution is 2.43. The summed E-state index contributed by atoms with van der Waals surface area (Å²) in [6.07, 6.45) is 64.3. The number of rotatable bonds is 52. The van der Waals surface area contributed by atoms with E-state index in [-0.39, 0.29) is 13.0 Å². The van der Waals surface area contributed by atoms with Crippen LogP contribution < -0.4 is 5.73 Å². The summed E-state index contributed by atoms with van der Waals surface area (Å²) in [6.45, 7) is 3.79. The van der Waals surface area contributed by atoms with Gasteiger partial charge in [0.25, 0.3) is 0 Å². The highest BCUT2D eigenvalue weighted by atomic mass is 31.2. The Morgan fingerprint density at radius 2 is 0.866 bits per heavy atom. The quantitative estimate of drug-likeness (QED) is 0.0232. The highest BCUT2D eigenvalue weighted by molar-refractivity contribution is 7.47. The van der Waals surface area contributed by atoms with Gasteiger partial charge in [0.2, 0.25) is 0 Å². The van der Waals surface area contributed by atoms with E-state index >= 15 is 0 Å². The van der Waals surface area contributed by atoms with E-state index in [2.05, 4.69) is 74.6 Å². The lowest BCUT2D eigenvalue weighted by molar-refractivity contribution is -0.154. The van der Waals surface area contributed by atoms with E-state index in [9.17, 15) is 19.0 Å². The second-order valence-corrected chi connectivity index (χ2v) is 19.8. The van der Waals surface area contributed by atoms with E-state index in [1.54, 1.807) is 0 Å². The second-order valence-electron chi connectivity index (χ2n) is 18.3. The van der Waals surface area contributed by atoms with Crippen LogP contribution >= 0.6 is 7.82 Å². The van der Waals surface area contributed by atoms with Crippen LogP contribution in [0.5, 0.6) is 0 Å². The minimum atomic E-state index is -4.63. The van der Waals surface area contributed by atoms with Gasteiger partial charge in [0.1, 0.15) is 12.1 Å². The number of unbranched alkanes of at least 4 members (excludes halogenated alkanes) is 28. The van der Waals surface area contributed by atoms with E-state index in [0.29, 0.717) is 13.0 Å². The van der Waals surface area contributed by atoms with E-state index in [0.717, 1.165) is 70.6 Å². The molecule has 390 valence electrons. The molecular formula is C56H102NO9P. The summed E-state index contributed by atoms with van der Waals surface area (Å²) in [5.74, 6) is -1.78. The maximum absolute atomic E-state index is 12.7. The van der Waals surface area contributed by atoms with Crippen LogP contribution in [0.1, 0.15) is 245 Å². The standard InChI is InChI=1S/C56H102NO9P/c1-3-5-7-9-11-13-15-17-19-21-23-25-26-27-29-31-33-35-37-39-41-43-45-47-49-63-50-53(51-64-67(61,62)65-52-54(57)56(59)60)66-55(58)48-46-44-42-40-38-36-34-32-30-28-24-22-20-18-16-14-12-10-8-6-4-2/h6,8,12,14,18,20-21,23-24,28,53-54H,3-5,7,9-11,13,15-17,19,22,25-27,29-52,57H2,1-2H3,(H,59,60)(H,61,62)/b8-6-,14-12-,20-18-,23-21-,28-24-. The first kappa shape index (κ1) is 64.7. The summed E-state index contributed by atoms with van der Waals surface area (Å²) in [6, 6.07) is -1.48. The maximum Gasteiger partial charge on any atom is 0.472 e. The topological polar surface area (TPSA) is 155 Å². The number of phosphoric acid groups is 1. The molecule has 0 amide bonds. The van der Waals surface area contributed by atoms with Crippen LogP contribution in [-0.4, -0.2) is 60.5 Å². The van der Waals surface area contributed by atoms with Gasteiger partial charge in [-0.05, 0) is 77.0 Å². The van der Waals surface area contributed by atoms with Crippen LogP contribution in [0.25, 0.3) is 0 Å². The van der Waals surface area contributed by atoms with Crippen LogP contribution in [0.2, 0.25) is 0 Å². The molecule has 0 spiro atoms. The fourth-order valence-electron chi connectivity index (χ4n) is 7.59. The third kappa shape index (κ3) is 51.4. The van der Waals surface area contributed by atoms with Crippen LogP contribution in [0.15, 0.2) is 60.8 Å². The zero-order valence-corrected chi connectivity index (χ0v) is 43.9. The van der Waals surface area contributed by atoms with Gasteiger partial charge in [-0.2, -0.15) is 0 Å². The summed E-state index contributed by atoms with van der Waals surface area (Å²) in [7, 11) is -4.63. The molecule has 0 aromatic rings. The average molecular weight is 964 g/mol. The Kier molecular flexibility index (Phi) is 49.7. The Labute approximate surface area is 411 Å². The number of hydrogen-bond acceptors (Lipinski definition) is 8. The zero-order valence-electron chi connectivity index (χ0n) is 43.0. The predicted octanol–water partition coefficient (Wildman–Crippen LogP) is 16.3. The fraction of sp³-hybridized carbons (Fsp3) is 0.786. The number of hydrogen-bond donors (Lipinski definition) is 3. The average Bonchev–Trinajstić information content (AvgIpc) is 3.31. The molecule has 0 aromatic heterocycles. The molecule has 0 rings (SSSR count). The molecular weight excluding hydrogens is 862 g/mol. The number of carbonyl (C=O) groups excluding carboxylic acids is 1. The molecule has 10 nitrogen and oxygen atoms in total. The Hall–Kier alpha value is -2.33. The molecule has 0 radical (unpaired) electrons. The van der Waals surface area contributed by atoms with Gasteiger partial charge in [-0.3, -0.25) is 18.6 Å². The summed E-state index contributed by atoms with van der Waals surface area (Å²) in [5, 5.41) is 8.94. The molecule has 11 heteroatoms. The first-order chi connectivity index (χ1) is 32.7. The van der Waals surface area contributed by atoms with Gasteiger partial charge in [-0.15, -0.1) is 0 Å². The van der Waals surface area contributed by atoms with E-state index < -0.39 is 45.1 Å². The van der Waals surface area contributed by atoms with Crippen molar-refractivity contribution in [2.75, 3.05) is 26.4 Å². The number of carboxylic acid groups (broad SMARTS) is 1. The van der Waals surface area contributed by atoms with Gasteiger partial charge >= 0.3 is 19.8 Å². The molecule has 67 heavy (non-hydrogen) atoms. The lowest BCUT2D eigenvalue weighted by atomic mass is 10.0. The Balaban J connectivity index is 4.10. The van der Waals surface area contributed by atoms with Crippen LogP contribution in [0.4, 0.5) is 0 Å². The molecule has 0 fully saturated rings. The maximum atomic E-state index is 12.7. The molecule has 0 aliphatic rings. The SMILES string of the molecule is CC/C=C\C/C=C\C/C=C\C/C=C\CCCCCCCCCCC(=O)OC(COCCCCCCCCCCCCCC/C=C\CCCCCCCCCC)COP(=O)(O)OCC(N)C(=O)O. The lowest BCUT2D eigenvalue weighted by Gasteiger charge is -2.20. The van der Waals surface area contributed by atoms with Crippen LogP contribution in [0, 0.1) is 0 Å². The molecule has 3 unspecified atom stereocenters. The molecule has 0 saturated carbocycles. The first-order valence-corrected chi connectivity index (χ1v) is 28.8. The van der Waals surface area contributed by atoms with Crippen molar-refractivity contribution in [2.24, 2.45) is 5.73 Å². The van der Waals surface area contributed by atoms with Crippen molar-refractivity contribution in [2.45, 2.75) is 257 Å². The van der Waals surface area contributed by atoms with Gasteiger partial charge in [0.15, 0.2) is 0 Å². The van der Waals surface area contributed by atoms with Crippen LogP contribution in [-0.2, 0) is 32.7 Å². The van der Waals surface area contributed by atoms with E-state index in [4.69, 9.17) is 29.4 Å². The number of carbonyl (C=O) groups is 2.